The highest BCUT2D eigenvalue weighted by Gasteiger charge is 1.93. The second kappa shape index (κ2) is 3.18. The van der Waals surface area contributed by atoms with Gasteiger partial charge in [0.05, 0.1) is 5.69 Å². The fourth-order valence-electron chi connectivity index (χ4n) is 0.547. The molecule has 1 heterocycles. The monoisotopic (exact) mass is 161 g/mol. The molecule has 0 saturated carbocycles. The predicted molar refractivity (Wildman–Crippen MR) is 42.0 cm³/mol. The standard InChI is InChI=1S/C4H8N3PS/c1-7-2-4(3-9-8)5-6-7/h2H,3,8H2,1H3. The van der Waals surface area contributed by atoms with Gasteiger partial charge in [-0.3, -0.25) is 4.68 Å². The van der Waals surface area contributed by atoms with Crippen molar-refractivity contribution in [3.05, 3.63) is 11.9 Å². The predicted octanol–water partition coefficient (Wildman–Crippen LogP) is 0.838. The fraction of sp³-hybridized carbons (Fsp3) is 0.500. The third-order valence-electron chi connectivity index (χ3n) is 0.881. The summed E-state index contributed by atoms with van der Waals surface area (Å²) in [7, 11) is 4.44. The maximum absolute atomic E-state index is 3.88. The van der Waals surface area contributed by atoms with Crippen LogP contribution in [0.15, 0.2) is 6.20 Å². The average molecular weight is 161 g/mol. The smallest absolute Gasteiger partial charge is 0.0929 e. The Kier molecular flexibility index (Phi) is 2.49. The van der Waals surface area contributed by atoms with E-state index in [-0.39, 0.29) is 0 Å². The van der Waals surface area contributed by atoms with Crippen molar-refractivity contribution in [3.63, 3.8) is 0 Å². The van der Waals surface area contributed by atoms with E-state index in [1.54, 1.807) is 16.1 Å². The van der Waals surface area contributed by atoms with Gasteiger partial charge in [-0.15, -0.1) is 16.5 Å². The van der Waals surface area contributed by atoms with Crippen LogP contribution in [0, 0.1) is 0 Å². The van der Waals surface area contributed by atoms with Gasteiger partial charge in [-0.05, 0) is 0 Å². The van der Waals surface area contributed by atoms with Crippen molar-refractivity contribution in [2.45, 2.75) is 5.75 Å². The first-order chi connectivity index (χ1) is 4.33. The van der Waals surface area contributed by atoms with Gasteiger partial charge in [-0.1, -0.05) is 13.7 Å². The molecule has 5 heteroatoms. The zero-order chi connectivity index (χ0) is 6.69. The lowest BCUT2D eigenvalue weighted by molar-refractivity contribution is 0.714. The molecule has 9 heavy (non-hydrogen) atoms. The summed E-state index contributed by atoms with van der Waals surface area (Å²) in [5, 5.41) is 7.66. The Bertz CT molecular complexity index is 188. The van der Waals surface area contributed by atoms with Gasteiger partial charge in [0.1, 0.15) is 0 Å². The van der Waals surface area contributed by atoms with Crippen molar-refractivity contribution >= 4 is 19.8 Å². The van der Waals surface area contributed by atoms with E-state index in [0.29, 0.717) is 0 Å². The first kappa shape index (κ1) is 7.03. The van der Waals surface area contributed by atoms with Crippen molar-refractivity contribution in [1.29, 1.82) is 0 Å². The minimum Gasteiger partial charge on any atom is -0.255 e. The van der Waals surface area contributed by atoms with Gasteiger partial charge in [0.25, 0.3) is 0 Å². The van der Waals surface area contributed by atoms with E-state index in [2.05, 4.69) is 18.8 Å². The third kappa shape index (κ3) is 1.95. The molecule has 1 unspecified atom stereocenters. The molecule has 1 atom stereocenters. The molecule has 3 nitrogen and oxygen atoms in total. The Balaban J connectivity index is 2.61. The largest absolute Gasteiger partial charge is 0.255 e. The highest BCUT2D eigenvalue weighted by atomic mass is 32.7. The van der Waals surface area contributed by atoms with Crippen LogP contribution in [-0.2, 0) is 12.8 Å². The van der Waals surface area contributed by atoms with Crippen molar-refractivity contribution in [2.24, 2.45) is 7.05 Å². The van der Waals surface area contributed by atoms with Crippen LogP contribution in [0.3, 0.4) is 0 Å². The van der Waals surface area contributed by atoms with Gasteiger partial charge in [0, 0.05) is 19.0 Å². The van der Waals surface area contributed by atoms with E-state index in [1.165, 1.54) is 0 Å². The lowest BCUT2D eigenvalue weighted by atomic mass is 10.6. The molecule has 1 rings (SSSR count). The number of aromatic nitrogens is 3. The molecular formula is C4H8N3PS. The lowest BCUT2D eigenvalue weighted by Crippen LogP contribution is -1.85. The van der Waals surface area contributed by atoms with Gasteiger partial charge < -0.3 is 0 Å². The van der Waals surface area contributed by atoms with Gasteiger partial charge in [0.2, 0.25) is 0 Å². The molecule has 0 bridgehead atoms. The second-order valence-corrected chi connectivity index (χ2v) is 3.32. The molecule has 50 valence electrons. The molecule has 0 saturated heterocycles. The van der Waals surface area contributed by atoms with Crippen molar-refractivity contribution < 1.29 is 0 Å². The van der Waals surface area contributed by atoms with Crippen LogP contribution in [0.25, 0.3) is 0 Å². The molecule has 0 aliphatic rings. The Morgan fingerprint density at radius 1 is 1.89 bits per heavy atom. The maximum atomic E-state index is 3.88. The van der Waals surface area contributed by atoms with Gasteiger partial charge in [0.15, 0.2) is 0 Å². The Hall–Kier alpha value is -0.0800. The molecule has 0 amide bonds. The number of hydrogen-bond donors (Lipinski definition) is 0. The Labute approximate surface area is 60.2 Å². The van der Waals surface area contributed by atoms with E-state index < -0.39 is 0 Å². The highest BCUT2D eigenvalue weighted by molar-refractivity contribution is 8.43. The summed E-state index contributed by atoms with van der Waals surface area (Å²) in [6.07, 6.45) is 1.91. The summed E-state index contributed by atoms with van der Waals surface area (Å²) < 4.78 is 1.70. The topological polar surface area (TPSA) is 30.7 Å². The number of hydrogen-bond acceptors (Lipinski definition) is 3. The zero-order valence-electron chi connectivity index (χ0n) is 5.11. The summed E-state index contributed by atoms with van der Waals surface area (Å²) in [6.45, 7) is 0. The van der Waals surface area contributed by atoms with Gasteiger partial charge in [-0.25, -0.2) is 0 Å². The van der Waals surface area contributed by atoms with E-state index in [4.69, 9.17) is 0 Å². The molecule has 0 radical (unpaired) electrons. The number of aryl methyl sites for hydroxylation is 1. The van der Waals surface area contributed by atoms with Crippen LogP contribution in [0.5, 0.6) is 0 Å². The van der Waals surface area contributed by atoms with Crippen LogP contribution < -0.4 is 0 Å². The quantitative estimate of drug-likeness (QED) is 0.602. The average Bonchev–Trinajstić information content (AvgIpc) is 2.17. The van der Waals surface area contributed by atoms with E-state index in [9.17, 15) is 0 Å². The maximum Gasteiger partial charge on any atom is 0.0929 e. The molecule has 0 aromatic carbocycles. The van der Waals surface area contributed by atoms with E-state index in [0.717, 1.165) is 11.4 Å². The summed E-state index contributed by atoms with van der Waals surface area (Å²) in [4.78, 5) is 0. The zero-order valence-corrected chi connectivity index (χ0v) is 7.08. The lowest BCUT2D eigenvalue weighted by Gasteiger charge is -1.84. The number of nitrogens with zero attached hydrogens (tertiary/aromatic N) is 3. The van der Waals surface area contributed by atoms with Crippen molar-refractivity contribution in [3.8, 4) is 0 Å². The Morgan fingerprint density at radius 2 is 2.67 bits per heavy atom. The molecule has 0 aliphatic carbocycles. The second-order valence-electron chi connectivity index (χ2n) is 1.69. The van der Waals surface area contributed by atoms with Crippen LogP contribution in [0.4, 0.5) is 0 Å². The van der Waals surface area contributed by atoms with Crippen molar-refractivity contribution in [1.82, 2.24) is 15.0 Å². The number of rotatable bonds is 2. The summed E-state index contributed by atoms with van der Waals surface area (Å²) in [6, 6.07) is 0. The molecule has 0 N–H and O–H groups in total. The normalized spacial score (nSPS) is 10.0. The summed E-state index contributed by atoms with van der Waals surface area (Å²) in [5.74, 6) is 0.915. The van der Waals surface area contributed by atoms with E-state index in [1.807, 2.05) is 13.2 Å². The molecule has 0 spiro atoms. The van der Waals surface area contributed by atoms with Crippen LogP contribution in [0.1, 0.15) is 5.69 Å². The highest BCUT2D eigenvalue weighted by Crippen LogP contribution is 2.15. The minimum absolute atomic E-state index is 0.915. The molecular weight excluding hydrogens is 153 g/mol. The van der Waals surface area contributed by atoms with Crippen LogP contribution in [0.2, 0.25) is 0 Å². The van der Waals surface area contributed by atoms with Gasteiger partial charge >= 0.3 is 0 Å². The molecule has 1 aromatic heterocycles. The fourth-order valence-corrected chi connectivity index (χ4v) is 1.36. The van der Waals surface area contributed by atoms with E-state index >= 15 is 0 Å². The van der Waals surface area contributed by atoms with Crippen molar-refractivity contribution in [2.75, 3.05) is 0 Å². The Morgan fingerprint density at radius 3 is 3.11 bits per heavy atom. The van der Waals surface area contributed by atoms with Crippen LogP contribution in [-0.4, -0.2) is 15.0 Å². The molecule has 0 aliphatic heterocycles. The van der Waals surface area contributed by atoms with Gasteiger partial charge in [-0.2, -0.15) is 0 Å². The summed E-state index contributed by atoms with van der Waals surface area (Å²) in [5.41, 5.74) is 1.03. The first-order valence-corrected chi connectivity index (χ1v) is 4.96. The minimum atomic E-state index is 0.915. The molecule has 1 aromatic rings. The van der Waals surface area contributed by atoms with Crippen LogP contribution >= 0.6 is 19.8 Å². The molecule has 0 fully saturated rings. The third-order valence-corrected chi connectivity index (χ3v) is 1.84. The first-order valence-electron chi connectivity index (χ1n) is 2.50. The summed E-state index contributed by atoms with van der Waals surface area (Å²) >= 11 is 1.67. The SMILES string of the molecule is Cn1cc(CSP)nn1.